The zero-order valence-electron chi connectivity index (χ0n) is 19.2. The number of rotatable bonds is 4. The zero-order chi connectivity index (χ0) is 23.5. The van der Waals surface area contributed by atoms with E-state index in [2.05, 4.69) is 10.0 Å². The van der Waals surface area contributed by atoms with E-state index in [0.717, 1.165) is 0 Å². The third-order valence-corrected chi connectivity index (χ3v) is 4.15. The molecule has 10 nitrogen and oxygen atoms in total. The van der Waals surface area contributed by atoms with E-state index in [4.69, 9.17) is 24.5 Å². The molecule has 1 rings (SSSR count). The summed E-state index contributed by atoms with van der Waals surface area (Å²) in [6.45, 7) is 14.7. The number of hydrogen-bond donors (Lipinski definition) is 0. The molecule has 0 N–H and O–H groups in total. The summed E-state index contributed by atoms with van der Waals surface area (Å²) >= 11 is 0. The molecule has 0 saturated carbocycles. The van der Waals surface area contributed by atoms with Gasteiger partial charge >= 0.3 is 17.9 Å². The van der Waals surface area contributed by atoms with Crippen molar-refractivity contribution < 1.29 is 33.3 Å². The molecule has 0 aliphatic carbocycles. The lowest BCUT2D eigenvalue weighted by molar-refractivity contribution is -0.234. The number of carbonyl (C=O) groups is 3. The largest absolute Gasteiger partial charge is 0.455 e. The first-order valence-electron chi connectivity index (χ1n) is 9.77. The highest BCUT2D eigenvalue weighted by atomic mass is 16.6. The maximum absolute atomic E-state index is 12.6. The van der Waals surface area contributed by atoms with E-state index in [-0.39, 0.29) is 6.61 Å². The van der Waals surface area contributed by atoms with Crippen LogP contribution in [-0.4, -0.2) is 49.1 Å². The summed E-state index contributed by atoms with van der Waals surface area (Å²) in [7, 11) is 0. The molecular weight excluding hydrogens is 394 g/mol. The minimum atomic E-state index is -1.29. The van der Waals surface area contributed by atoms with Gasteiger partial charge in [0.1, 0.15) is 0 Å². The minimum absolute atomic E-state index is 0.197. The molecule has 0 aromatic rings. The molecule has 1 fully saturated rings. The van der Waals surface area contributed by atoms with E-state index in [1.165, 1.54) is 0 Å². The van der Waals surface area contributed by atoms with E-state index < -0.39 is 58.7 Å². The summed E-state index contributed by atoms with van der Waals surface area (Å²) in [5, 5.41) is 3.53. The molecule has 10 heteroatoms. The molecule has 0 aromatic carbocycles. The van der Waals surface area contributed by atoms with E-state index in [0.29, 0.717) is 0 Å². The highest BCUT2D eigenvalue weighted by Gasteiger charge is 2.49. The van der Waals surface area contributed by atoms with Gasteiger partial charge in [-0.15, -0.1) is 0 Å². The first-order valence-corrected chi connectivity index (χ1v) is 9.77. The monoisotopic (exact) mass is 427 g/mol. The molecule has 0 unspecified atom stereocenters. The van der Waals surface area contributed by atoms with Crippen LogP contribution in [-0.2, 0) is 33.3 Å². The smallest absolute Gasteiger partial charge is 0.311 e. The Morgan fingerprint density at radius 2 is 1.20 bits per heavy atom. The Kier molecular flexibility index (Phi) is 7.90. The van der Waals surface area contributed by atoms with E-state index in [9.17, 15) is 14.4 Å². The van der Waals surface area contributed by atoms with Gasteiger partial charge in [0, 0.05) is 4.91 Å². The summed E-state index contributed by atoms with van der Waals surface area (Å²) in [5.41, 5.74) is 6.32. The van der Waals surface area contributed by atoms with Crippen molar-refractivity contribution in [3.8, 4) is 0 Å². The SMILES string of the molecule is CC(C)(C)C(=O)O[C@H]1[C@H](OC(=O)C(C)(C)C)[C@@H](N=[N+]=[N-])OC[C@H]1OC(=O)C(C)(C)C. The van der Waals surface area contributed by atoms with Gasteiger partial charge in [0.15, 0.2) is 24.5 Å². The van der Waals surface area contributed by atoms with Gasteiger partial charge in [0.05, 0.1) is 22.9 Å². The molecule has 0 spiro atoms. The molecule has 1 saturated heterocycles. The molecular formula is C20H33N3O7. The Bertz CT molecular complexity index is 709. The molecule has 0 amide bonds. The number of ether oxygens (including phenoxy) is 4. The van der Waals surface area contributed by atoms with E-state index >= 15 is 0 Å². The van der Waals surface area contributed by atoms with Crippen molar-refractivity contribution >= 4 is 17.9 Å². The summed E-state index contributed by atoms with van der Waals surface area (Å²) in [5.74, 6) is -1.76. The van der Waals surface area contributed by atoms with Crippen LogP contribution in [0.4, 0.5) is 0 Å². The molecule has 0 bridgehead atoms. The Morgan fingerprint density at radius 3 is 1.60 bits per heavy atom. The highest BCUT2D eigenvalue weighted by Crippen LogP contribution is 2.31. The van der Waals surface area contributed by atoms with Crippen LogP contribution >= 0.6 is 0 Å². The summed E-state index contributed by atoms with van der Waals surface area (Å²) in [6, 6.07) is 0. The average molecular weight is 427 g/mol. The number of esters is 3. The molecule has 1 aliphatic heterocycles. The van der Waals surface area contributed by atoms with Crippen molar-refractivity contribution in [2.24, 2.45) is 21.4 Å². The quantitative estimate of drug-likeness (QED) is 0.220. The Balaban J connectivity index is 3.34. The van der Waals surface area contributed by atoms with E-state index in [1.54, 1.807) is 62.3 Å². The second-order valence-corrected chi connectivity index (χ2v) is 10.4. The lowest BCUT2D eigenvalue weighted by Crippen LogP contribution is -2.58. The van der Waals surface area contributed by atoms with Gasteiger partial charge in [0.25, 0.3) is 0 Å². The molecule has 0 aromatic heterocycles. The average Bonchev–Trinajstić information content (AvgIpc) is 2.56. The van der Waals surface area contributed by atoms with Crippen molar-refractivity contribution in [3.05, 3.63) is 10.4 Å². The highest BCUT2D eigenvalue weighted by molar-refractivity contribution is 5.77. The van der Waals surface area contributed by atoms with Gasteiger partial charge in [-0.05, 0) is 67.8 Å². The van der Waals surface area contributed by atoms with Crippen LogP contribution in [0.1, 0.15) is 62.3 Å². The second-order valence-electron chi connectivity index (χ2n) is 10.4. The van der Waals surface area contributed by atoms with Crippen LogP contribution < -0.4 is 0 Å². The van der Waals surface area contributed by atoms with Crippen molar-refractivity contribution in [2.45, 2.75) is 86.9 Å². The predicted octanol–water partition coefficient (Wildman–Crippen LogP) is 3.53. The minimum Gasteiger partial charge on any atom is -0.455 e. The fourth-order valence-corrected chi connectivity index (χ4v) is 2.19. The fraction of sp³-hybridized carbons (Fsp3) is 0.850. The molecule has 1 heterocycles. The topological polar surface area (TPSA) is 137 Å². The predicted molar refractivity (Wildman–Crippen MR) is 107 cm³/mol. The first kappa shape index (κ1) is 25.7. The Labute approximate surface area is 177 Å². The number of carbonyl (C=O) groups excluding carboxylic acids is 3. The van der Waals surface area contributed by atoms with Crippen molar-refractivity contribution in [3.63, 3.8) is 0 Å². The van der Waals surface area contributed by atoms with Crippen LogP contribution in [0.25, 0.3) is 10.4 Å². The molecule has 170 valence electrons. The van der Waals surface area contributed by atoms with Crippen LogP contribution in [0.15, 0.2) is 5.11 Å². The first-order chi connectivity index (χ1) is 13.5. The summed E-state index contributed by atoms with van der Waals surface area (Å²) < 4.78 is 22.2. The van der Waals surface area contributed by atoms with Crippen molar-refractivity contribution in [1.29, 1.82) is 0 Å². The van der Waals surface area contributed by atoms with Crippen LogP contribution in [0, 0.1) is 16.2 Å². The normalized spacial score (nSPS) is 25.0. The van der Waals surface area contributed by atoms with Crippen LogP contribution in [0.5, 0.6) is 0 Å². The number of hydrogen-bond acceptors (Lipinski definition) is 8. The van der Waals surface area contributed by atoms with Crippen molar-refractivity contribution in [1.82, 2.24) is 0 Å². The lowest BCUT2D eigenvalue weighted by Gasteiger charge is -2.41. The number of azide groups is 1. The van der Waals surface area contributed by atoms with Gasteiger partial charge in [-0.2, -0.15) is 0 Å². The molecule has 0 radical (unpaired) electrons. The lowest BCUT2D eigenvalue weighted by atomic mass is 9.95. The fourth-order valence-electron chi connectivity index (χ4n) is 2.19. The summed E-state index contributed by atoms with van der Waals surface area (Å²) in [6.07, 6.45) is -4.79. The molecule has 30 heavy (non-hydrogen) atoms. The second kappa shape index (κ2) is 9.22. The van der Waals surface area contributed by atoms with Gasteiger partial charge in [-0.1, -0.05) is 5.11 Å². The van der Waals surface area contributed by atoms with Gasteiger partial charge in [-0.3, -0.25) is 14.4 Å². The van der Waals surface area contributed by atoms with Crippen LogP contribution in [0.2, 0.25) is 0 Å². The van der Waals surface area contributed by atoms with Gasteiger partial charge in [-0.25, -0.2) is 0 Å². The van der Waals surface area contributed by atoms with Crippen molar-refractivity contribution in [2.75, 3.05) is 6.61 Å². The third-order valence-electron chi connectivity index (χ3n) is 4.15. The van der Waals surface area contributed by atoms with E-state index in [1.807, 2.05) is 0 Å². The maximum atomic E-state index is 12.6. The maximum Gasteiger partial charge on any atom is 0.311 e. The van der Waals surface area contributed by atoms with Crippen LogP contribution in [0.3, 0.4) is 0 Å². The van der Waals surface area contributed by atoms with Gasteiger partial charge < -0.3 is 18.9 Å². The number of nitrogens with zero attached hydrogens (tertiary/aromatic N) is 3. The Morgan fingerprint density at radius 1 is 0.800 bits per heavy atom. The third kappa shape index (κ3) is 6.88. The Hall–Kier alpha value is -2.32. The summed E-state index contributed by atoms with van der Waals surface area (Å²) in [4.78, 5) is 40.3. The zero-order valence-corrected chi connectivity index (χ0v) is 19.2. The molecule has 1 aliphatic rings. The molecule has 4 atom stereocenters. The standard InChI is InChI=1S/C20H33N3O7/c1-18(2,3)15(24)28-11-10-27-14(22-23-21)13(30-17(26)20(7,8)9)12(11)29-16(25)19(4,5)6/h11-14H,10H2,1-9H3/t11-,12-,13+,14+/m1/s1. The van der Waals surface area contributed by atoms with Gasteiger partial charge in [0.2, 0.25) is 0 Å².